The van der Waals surface area contributed by atoms with Gasteiger partial charge in [0, 0.05) is 17.8 Å². The zero-order chi connectivity index (χ0) is 20.9. The van der Waals surface area contributed by atoms with Gasteiger partial charge in [0.15, 0.2) is 0 Å². The van der Waals surface area contributed by atoms with Crippen LogP contribution in [0.2, 0.25) is 0 Å². The van der Waals surface area contributed by atoms with Gasteiger partial charge in [-0.3, -0.25) is 14.6 Å². The Labute approximate surface area is 177 Å². The molecule has 1 amide bonds. The monoisotopic (exact) mass is 417 g/mol. The minimum absolute atomic E-state index is 0.185. The van der Waals surface area contributed by atoms with Gasteiger partial charge in [-0.2, -0.15) is 5.10 Å². The predicted molar refractivity (Wildman–Crippen MR) is 117 cm³/mol. The van der Waals surface area contributed by atoms with E-state index in [2.05, 4.69) is 20.4 Å². The van der Waals surface area contributed by atoms with Gasteiger partial charge in [-0.05, 0) is 36.6 Å². The Morgan fingerprint density at radius 1 is 1.00 bits per heavy atom. The van der Waals surface area contributed by atoms with E-state index in [-0.39, 0.29) is 24.6 Å². The van der Waals surface area contributed by atoms with Crippen molar-refractivity contribution in [2.75, 3.05) is 6.26 Å². The molecule has 150 valence electrons. The maximum atomic E-state index is 12.9. The van der Waals surface area contributed by atoms with Crippen LogP contribution in [-0.2, 0) is 13.1 Å². The molecule has 1 N–H and O–H groups in total. The van der Waals surface area contributed by atoms with Gasteiger partial charge in [-0.25, -0.2) is 9.67 Å². The number of rotatable bonds is 6. The number of aromatic nitrogens is 4. The summed E-state index contributed by atoms with van der Waals surface area (Å²) in [7, 11) is 0. The SMILES string of the molecule is CSc1ncccc1C(=O)NCc1nn(Cc2ccccn2)c(=O)c2ccccc12. The van der Waals surface area contributed by atoms with Crippen LogP contribution in [0.3, 0.4) is 0 Å². The van der Waals surface area contributed by atoms with Crippen LogP contribution >= 0.6 is 11.8 Å². The third-order valence-corrected chi connectivity index (χ3v) is 5.32. The third-order valence-electron chi connectivity index (χ3n) is 4.61. The van der Waals surface area contributed by atoms with E-state index < -0.39 is 0 Å². The average molecular weight is 417 g/mol. The molecule has 1 aromatic carbocycles. The molecule has 0 saturated carbocycles. The minimum atomic E-state index is -0.235. The van der Waals surface area contributed by atoms with Crippen molar-refractivity contribution in [1.29, 1.82) is 0 Å². The summed E-state index contributed by atoms with van der Waals surface area (Å²) < 4.78 is 1.39. The molecule has 4 aromatic rings. The molecular weight excluding hydrogens is 398 g/mol. The van der Waals surface area contributed by atoms with Gasteiger partial charge in [0.25, 0.3) is 11.5 Å². The Bertz CT molecular complexity index is 1260. The highest BCUT2D eigenvalue weighted by atomic mass is 32.2. The number of amides is 1. The smallest absolute Gasteiger partial charge is 0.275 e. The maximum absolute atomic E-state index is 12.9. The molecule has 0 unspecified atom stereocenters. The van der Waals surface area contributed by atoms with Crippen molar-refractivity contribution in [2.45, 2.75) is 18.1 Å². The van der Waals surface area contributed by atoms with Gasteiger partial charge in [0.2, 0.25) is 0 Å². The van der Waals surface area contributed by atoms with Gasteiger partial charge in [0.1, 0.15) is 5.03 Å². The normalized spacial score (nSPS) is 10.8. The first-order chi connectivity index (χ1) is 14.7. The Balaban J connectivity index is 1.67. The second-order valence-corrected chi connectivity index (χ2v) is 7.31. The Morgan fingerprint density at radius 2 is 1.77 bits per heavy atom. The van der Waals surface area contributed by atoms with E-state index in [4.69, 9.17) is 0 Å². The fourth-order valence-electron chi connectivity index (χ4n) is 3.17. The molecule has 0 atom stereocenters. The van der Waals surface area contributed by atoms with Crippen molar-refractivity contribution in [3.05, 3.63) is 94.3 Å². The molecule has 0 saturated heterocycles. The number of nitrogens with one attached hydrogen (secondary N) is 1. The van der Waals surface area contributed by atoms with Crippen molar-refractivity contribution >= 4 is 28.4 Å². The summed E-state index contributed by atoms with van der Waals surface area (Å²) in [5.74, 6) is -0.235. The number of hydrogen-bond donors (Lipinski definition) is 1. The number of benzene rings is 1. The second kappa shape index (κ2) is 8.87. The van der Waals surface area contributed by atoms with E-state index in [0.29, 0.717) is 21.7 Å². The summed E-state index contributed by atoms with van der Waals surface area (Å²) in [6, 6.07) is 16.3. The van der Waals surface area contributed by atoms with Crippen molar-refractivity contribution in [1.82, 2.24) is 25.1 Å². The number of fused-ring (bicyclic) bond motifs is 1. The van der Waals surface area contributed by atoms with Gasteiger partial charge >= 0.3 is 0 Å². The van der Waals surface area contributed by atoms with E-state index in [1.165, 1.54) is 16.4 Å². The first-order valence-electron chi connectivity index (χ1n) is 9.33. The molecule has 0 spiro atoms. The average Bonchev–Trinajstić information content (AvgIpc) is 2.80. The quantitative estimate of drug-likeness (QED) is 0.485. The topological polar surface area (TPSA) is 89.8 Å². The lowest BCUT2D eigenvalue weighted by atomic mass is 10.1. The van der Waals surface area contributed by atoms with E-state index in [1.54, 1.807) is 30.6 Å². The number of pyridine rings is 2. The molecule has 7 nitrogen and oxygen atoms in total. The lowest BCUT2D eigenvalue weighted by Gasteiger charge is -2.12. The number of nitrogens with zero attached hydrogens (tertiary/aromatic N) is 4. The Kier molecular flexibility index (Phi) is 5.85. The summed E-state index contributed by atoms with van der Waals surface area (Å²) >= 11 is 1.41. The highest BCUT2D eigenvalue weighted by Crippen LogP contribution is 2.17. The summed E-state index contributed by atoms with van der Waals surface area (Å²) in [6.07, 6.45) is 5.21. The fraction of sp³-hybridized carbons (Fsp3) is 0.136. The lowest BCUT2D eigenvalue weighted by molar-refractivity contribution is 0.0946. The number of hydrogen-bond acceptors (Lipinski definition) is 6. The highest BCUT2D eigenvalue weighted by molar-refractivity contribution is 7.98. The number of carbonyl (C=O) groups is 1. The van der Waals surface area contributed by atoms with Crippen molar-refractivity contribution in [2.24, 2.45) is 0 Å². The number of carbonyl (C=O) groups excluding carboxylic acids is 1. The van der Waals surface area contributed by atoms with Crippen LogP contribution in [0.1, 0.15) is 21.7 Å². The molecular formula is C22H19N5O2S. The first-order valence-corrected chi connectivity index (χ1v) is 10.6. The molecule has 4 rings (SSSR count). The predicted octanol–water partition coefficient (Wildman–Crippen LogP) is 2.89. The molecule has 3 heterocycles. The van der Waals surface area contributed by atoms with Crippen LogP contribution in [0.25, 0.3) is 10.8 Å². The lowest BCUT2D eigenvalue weighted by Crippen LogP contribution is -2.29. The van der Waals surface area contributed by atoms with Crippen LogP contribution in [0.15, 0.2) is 76.8 Å². The van der Waals surface area contributed by atoms with Gasteiger partial charge in [-0.15, -0.1) is 11.8 Å². The highest BCUT2D eigenvalue weighted by Gasteiger charge is 2.15. The van der Waals surface area contributed by atoms with Gasteiger partial charge < -0.3 is 5.32 Å². The van der Waals surface area contributed by atoms with E-state index in [0.717, 1.165) is 11.1 Å². The molecule has 8 heteroatoms. The third kappa shape index (κ3) is 4.08. The fourth-order valence-corrected chi connectivity index (χ4v) is 3.72. The number of thioether (sulfide) groups is 1. The molecule has 0 fully saturated rings. The van der Waals surface area contributed by atoms with Crippen LogP contribution < -0.4 is 10.9 Å². The zero-order valence-corrected chi connectivity index (χ0v) is 17.1. The molecule has 0 aliphatic rings. The first kappa shape index (κ1) is 19.8. The summed E-state index contributed by atoms with van der Waals surface area (Å²) in [4.78, 5) is 34.1. The molecule has 0 aliphatic carbocycles. The van der Waals surface area contributed by atoms with E-state index in [1.807, 2.05) is 42.7 Å². The summed E-state index contributed by atoms with van der Waals surface area (Å²) in [6.45, 7) is 0.440. The molecule has 3 aromatic heterocycles. The Morgan fingerprint density at radius 3 is 2.53 bits per heavy atom. The van der Waals surface area contributed by atoms with Crippen LogP contribution in [-0.4, -0.2) is 31.9 Å². The van der Waals surface area contributed by atoms with Crippen LogP contribution in [0.5, 0.6) is 0 Å². The second-order valence-electron chi connectivity index (χ2n) is 6.52. The maximum Gasteiger partial charge on any atom is 0.275 e. The molecule has 0 aliphatic heterocycles. The molecule has 0 radical (unpaired) electrons. The van der Waals surface area contributed by atoms with Crippen molar-refractivity contribution in [3.8, 4) is 0 Å². The van der Waals surface area contributed by atoms with E-state index in [9.17, 15) is 9.59 Å². The largest absolute Gasteiger partial charge is 0.346 e. The van der Waals surface area contributed by atoms with E-state index >= 15 is 0 Å². The van der Waals surface area contributed by atoms with Crippen LogP contribution in [0, 0.1) is 0 Å². The standard InChI is InChI=1S/C22H19N5O2S/c1-30-21-18(10-6-12-24-21)20(28)25-13-19-16-8-2-3-9-17(16)22(29)27(26-19)14-15-7-4-5-11-23-15/h2-12H,13-14H2,1H3,(H,25,28). The van der Waals surface area contributed by atoms with Crippen molar-refractivity contribution < 1.29 is 4.79 Å². The molecule has 30 heavy (non-hydrogen) atoms. The summed E-state index contributed by atoms with van der Waals surface area (Å²) in [5.41, 5.74) is 1.67. The zero-order valence-electron chi connectivity index (χ0n) is 16.3. The van der Waals surface area contributed by atoms with Gasteiger partial charge in [0.05, 0.1) is 35.4 Å². The van der Waals surface area contributed by atoms with Crippen LogP contribution in [0.4, 0.5) is 0 Å². The Hall–Kier alpha value is -3.52. The van der Waals surface area contributed by atoms with Gasteiger partial charge in [-0.1, -0.05) is 24.3 Å². The minimum Gasteiger partial charge on any atom is -0.346 e. The summed E-state index contributed by atoms with van der Waals surface area (Å²) in [5, 5.41) is 9.37. The van der Waals surface area contributed by atoms with Crippen molar-refractivity contribution in [3.63, 3.8) is 0 Å². The molecule has 0 bridgehead atoms.